The fourth-order valence-corrected chi connectivity index (χ4v) is 2.12. The number of nitrogens with one attached hydrogen (secondary N) is 1. The van der Waals surface area contributed by atoms with E-state index in [1.165, 1.54) is 0 Å². The molecule has 1 aliphatic rings. The molecule has 0 aliphatic carbocycles. The highest BCUT2D eigenvalue weighted by atomic mass is 15.3. The van der Waals surface area contributed by atoms with Crippen LogP contribution in [0.2, 0.25) is 0 Å². The van der Waals surface area contributed by atoms with Crippen molar-refractivity contribution in [3.05, 3.63) is 12.3 Å². The Hall–Kier alpha value is -1.36. The lowest BCUT2D eigenvalue weighted by Gasteiger charge is -2.31. The van der Waals surface area contributed by atoms with Crippen LogP contribution in [0.5, 0.6) is 0 Å². The summed E-state index contributed by atoms with van der Waals surface area (Å²) >= 11 is 0. The van der Waals surface area contributed by atoms with Gasteiger partial charge in [0.05, 0.1) is 0 Å². The SMILES string of the molecule is CN(C)c1ccnc(N(C)C2CCNCC2)n1. The molecule has 2 heterocycles. The molecule has 1 aromatic heterocycles. The molecule has 1 fully saturated rings. The van der Waals surface area contributed by atoms with Gasteiger partial charge in [-0.3, -0.25) is 0 Å². The highest BCUT2D eigenvalue weighted by molar-refractivity contribution is 5.42. The molecule has 1 aromatic rings. The van der Waals surface area contributed by atoms with Crippen LogP contribution in [-0.4, -0.2) is 50.2 Å². The Morgan fingerprint density at radius 3 is 2.59 bits per heavy atom. The first-order valence-corrected chi connectivity index (χ1v) is 6.12. The molecule has 0 amide bonds. The molecule has 0 aromatic carbocycles. The maximum Gasteiger partial charge on any atom is 0.227 e. The Kier molecular flexibility index (Phi) is 3.78. The number of nitrogens with zero attached hydrogens (tertiary/aromatic N) is 4. The minimum absolute atomic E-state index is 0.550. The molecule has 0 atom stereocenters. The number of aromatic nitrogens is 2. The Morgan fingerprint density at radius 1 is 1.24 bits per heavy atom. The normalized spacial score (nSPS) is 16.9. The summed E-state index contributed by atoms with van der Waals surface area (Å²) < 4.78 is 0. The van der Waals surface area contributed by atoms with E-state index in [0.29, 0.717) is 6.04 Å². The maximum absolute atomic E-state index is 4.57. The van der Waals surface area contributed by atoms with E-state index < -0.39 is 0 Å². The van der Waals surface area contributed by atoms with Gasteiger partial charge in [-0.1, -0.05) is 0 Å². The van der Waals surface area contributed by atoms with E-state index in [-0.39, 0.29) is 0 Å². The van der Waals surface area contributed by atoms with Crippen LogP contribution >= 0.6 is 0 Å². The number of hydrogen-bond acceptors (Lipinski definition) is 5. The predicted molar refractivity (Wildman–Crippen MR) is 70.7 cm³/mol. The second-order valence-corrected chi connectivity index (χ2v) is 4.70. The molecule has 2 rings (SSSR count). The van der Waals surface area contributed by atoms with Gasteiger partial charge in [-0.2, -0.15) is 4.98 Å². The lowest BCUT2D eigenvalue weighted by atomic mass is 10.1. The molecule has 17 heavy (non-hydrogen) atoms. The molecule has 0 unspecified atom stereocenters. The van der Waals surface area contributed by atoms with Crippen LogP contribution in [0.3, 0.4) is 0 Å². The van der Waals surface area contributed by atoms with Gasteiger partial charge in [0.1, 0.15) is 5.82 Å². The van der Waals surface area contributed by atoms with Crippen molar-refractivity contribution in [2.24, 2.45) is 0 Å². The molecule has 0 saturated carbocycles. The molecule has 94 valence electrons. The van der Waals surface area contributed by atoms with Gasteiger partial charge in [0.15, 0.2) is 0 Å². The lowest BCUT2D eigenvalue weighted by molar-refractivity contribution is 0.439. The standard InChI is InChI=1S/C12H21N5/c1-16(2)11-6-9-14-12(15-11)17(3)10-4-7-13-8-5-10/h6,9-10,13H,4-5,7-8H2,1-3H3. The van der Waals surface area contributed by atoms with Crippen LogP contribution < -0.4 is 15.1 Å². The molecular formula is C12H21N5. The van der Waals surface area contributed by atoms with E-state index in [9.17, 15) is 0 Å². The molecule has 5 nitrogen and oxygen atoms in total. The summed E-state index contributed by atoms with van der Waals surface area (Å²) in [5.41, 5.74) is 0. The summed E-state index contributed by atoms with van der Waals surface area (Å²) in [4.78, 5) is 13.1. The van der Waals surface area contributed by atoms with Crippen LogP contribution in [0.15, 0.2) is 12.3 Å². The van der Waals surface area contributed by atoms with E-state index in [1.807, 2.05) is 31.3 Å². The summed E-state index contributed by atoms with van der Waals surface area (Å²) in [5.74, 6) is 1.78. The van der Waals surface area contributed by atoms with Crippen molar-refractivity contribution < 1.29 is 0 Å². The summed E-state index contributed by atoms with van der Waals surface area (Å²) in [6.45, 7) is 2.17. The predicted octanol–water partition coefficient (Wildman–Crippen LogP) is 0.731. The van der Waals surface area contributed by atoms with Gasteiger partial charge in [-0.25, -0.2) is 4.98 Å². The van der Waals surface area contributed by atoms with Gasteiger partial charge < -0.3 is 15.1 Å². The van der Waals surface area contributed by atoms with Crippen molar-refractivity contribution in [3.63, 3.8) is 0 Å². The first kappa shape index (κ1) is 12.1. The minimum Gasteiger partial charge on any atom is -0.363 e. The van der Waals surface area contributed by atoms with Crippen LogP contribution in [0.4, 0.5) is 11.8 Å². The minimum atomic E-state index is 0.550. The maximum atomic E-state index is 4.57. The van der Waals surface area contributed by atoms with Crippen molar-refractivity contribution in [2.45, 2.75) is 18.9 Å². The summed E-state index contributed by atoms with van der Waals surface area (Å²) in [6.07, 6.45) is 4.15. The largest absolute Gasteiger partial charge is 0.363 e. The average molecular weight is 235 g/mol. The third kappa shape index (κ3) is 2.85. The fourth-order valence-electron chi connectivity index (χ4n) is 2.12. The monoisotopic (exact) mass is 235 g/mol. The van der Waals surface area contributed by atoms with Crippen LogP contribution in [0.25, 0.3) is 0 Å². The zero-order valence-corrected chi connectivity index (χ0v) is 10.8. The fraction of sp³-hybridized carbons (Fsp3) is 0.667. The zero-order chi connectivity index (χ0) is 12.3. The van der Waals surface area contributed by atoms with E-state index in [1.54, 1.807) is 0 Å². The van der Waals surface area contributed by atoms with Gasteiger partial charge in [-0.05, 0) is 32.0 Å². The lowest BCUT2D eigenvalue weighted by Crippen LogP contribution is -2.42. The molecule has 1 aliphatic heterocycles. The van der Waals surface area contributed by atoms with Gasteiger partial charge in [0, 0.05) is 33.4 Å². The first-order chi connectivity index (χ1) is 8.18. The summed E-state index contributed by atoms with van der Waals surface area (Å²) in [7, 11) is 6.08. The van der Waals surface area contributed by atoms with Crippen molar-refractivity contribution in [1.29, 1.82) is 0 Å². The van der Waals surface area contributed by atoms with Crippen molar-refractivity contribution in [3.8, 4) is 0 Å². The Balaban J connectivity index is 2.12. The van der Waals surface area contributed by atoms with E-state index in [0.717, 1.165) is 37.7 Å². The van der Waals surface area contributed by atoms with Crippen molar-refractivity contribution in [2.75, 3.05) is 44.0 Å². The van der Waals surface area contributed by atoms with E-state index in [2.05, 4.69) is 27.2 Å². The smallest absolute Gasteiger partial charge is 0.227 e. The second kappa shape index (κ2) is 5.31. The third-order valence-electron chi connectivity index (χ3n) is 3.26. The summed E-state index contributed by atoms with van der Waals surface area (Å²) in [6, 6.07) is 2.48. The van der Waals surface area contributed by atoms with Gasteiger partial charge >= 0.3 is 0 Å². The van der Waals surface area contributed by atoms with E-state index in [4.69, 9.17) is 0 Å². The number of hydrogen-bond donors (Lipinski definition) is 1. The Morgan fingerprint density at radius 2 is 1.94 bits per heavy atom. The van der Waals surface area contributed by atoms with Gasteiger partial charge in [0.25, 0.3) is 0 Å². The number of rotatable bonds is 3. The number of piperidine rings is 1. The van der Waals surface area contributed by atoms with E-state index >= 15 is 0 Å². The highest BCUT2D eigenvalue weighted by Gasteiger charge is 2.19. The van der Waals surface area contributed by atoms with Crippen LogP contribution in [0, 0.1) is 0 Å². The summed E-state index contributed by atoms with van der Waals surface area (Å²) in [5, 5.41) is 3.37. The number of anilines is 2. The van der Waals surface area contributed by atoms with Gasteiger partial charge in [0.2, 0.25) is 5.95 Å². The molecule has 1 N–H and O–H groups in total. The second-order valence-electron chi connectivity index (χ2n) is 4.70. The average Bonchev–Trinajstić information content (AvgIpc) is 2.39. The topological polar surface area (TPSA) is 44.3 Å². The Bertz CT molecular complexity index is 360. The zero-order valence-electron chi connectivity index (χ0n) is 10.8. The third-order valence-corrected chi connectivity index (χ3v) is 3.26. The molecule has 0 spiro atoms. The van der Waals surface area contributed by atoms with Gasteiger partial charge in [-0.15, -0.1) is 0 Å². The molecule has 5 heteroatoms. The van der Waals surface area contributed by atoms with Crippen LogP contribution in [0.1, 0.15) is 12.8 Å². The molecular weight excluding hydrogens is 214 g/mol. The quantitative estimate of drug-likeness (QED) is 0.837. The molecule has 0 radical (unpaired) electrons. The Labute approximate surface area is 103 Å². The molecule has 1 saturated heterocycles. The first-order valence-electron chi connectivity index (χ1n) is 6.12. The highest BCUT2D eigenvalue weighted by Crippen LogP contribution is 2.17. The van der Waals surface area contributed by atoms with Crippen LogP contribution in [-0.2, 0) is 0 Å². The van der Waals surface area contributed by atoms with Crippen molar-refractivity contribution >= 4 is 11.8 Å². The molecule has 0 bridgehead atoms. The van der Waals surface area contributed by atoms with Crippen molar-refractivity contribution in [1.82, 2.24) is 15.3 Å².